The van der Waals surface area contributed by atoms with Crippen molar-refractivity contribution in [3.63, 3.8) is 0 Å². The van der Waals surface area contributed by atoms with Crippen LogP contribution in [0.5, 0.6) is 0 Å². The second kappa shape index (κ2) is 3.38. The van der Waals surface area contributed by atoms with Crippen molar-refractivity contribution in [2.24, 2.45) is 11.8 Å². The molecule has 0 radical (unpaired) electrons. The summed E-state index contributed by atoms with van der Waals surface area (Å²) in [6.07, 6.45) is 4.70. The molecule has 10 heavy (non-hydrogen) atoms. The van der Waals surface area contributed by atoms with Crippen molar-refractivity contribution in [3.8, 4) is 0 Å². The zero-order valence-electron chi connectivity index (χ0n) is 7.01. The third-order valence-electron chi connectivity index (χ3n) is 2.76. The zero-order valence-corrected chi connectivity index (χ0v) is 7.01. The second-order valence-corrected chi connectivity index (χ2v) is 3.57. The summed E-state index contributed by atoms with van der Waals surface area (Å²) in [7, 11) is 0. The van der Waals surface area contributed by atoms with E-state index in [2.05, 4.69) is 13.8 Å². The van der Waals surface area contributed by atoms with Crippen LogP contribution in [-0.4, -0.2) is 11.2 Å². The Morgan fingerprint density at radius 3 is 2.50 bits per heavy atom. The van der Waals surface area contributed by atoms with Crippen molar-refractivity contribution in [1.29, 1.82) is 0 Å². The Bertz CT molecular complexity index is 90.9. The highest BCUT2D eigenvalue weighted by molar-refractivity contribution is 4.81. The number of hydrogen-bond acceptors (Lipinski definition) is 1. The molecule has 1 fully saturated rings. The SMILES string of the molecule is CCC[C@H]1C(C)CC[C@@H]1O. The fourth-order valence-electron chi connectivity index (χ4n) is 2.05. The molecule has 1 N–H and O–H groups in total. The van der Waals surface area contributed by atoms with E-state index in [1.165, 1.54) is 19.3 Å². The average molecular weight is 142 g/mol. The van der Waals surface area contributed by atoms with Gasteiger partial charge in [0.2, 0.25) is 0 Å². The third kappa shape index (κ3) is 1.51. The Balaban J connectivity index is 2.38. The van der Waals surface area contributed by atoms with Gasteiger partial charge in [-0.15, -0.1) is 0 Å². The molecule has 1 nitrogen and oxygen atoms in total. The highest BCUT2D eigenvalue weighted by Crippen LogP contribution is 2.34. The highest BCUT2D eigenvalue weighted by atomic mass is 16.3. The maximum atomic E-state index is 9.49. The first-order valence-electron chi connectivity index (χ1n) is 4.43. The van der Waals surface area contributed by atoms with Crippen LogP contribution in [0, 0.1) is 11.8 Å². The Morgan fingerprint density at radius 1 is 1.40 bits per heavy atom. The Kier molecular flexibility index (Phi) is 2.72. The molecule has 0 amide bonds. The lowest BCUT2D eigenvalue weighted by Crippen LogP contribution is -2.16. The van der Waals surface area contributed by atoms with Crippen LogP contribution >= 0.6 is 0 Å². The summed E-state index contributed by atoms with van der Waals surface area (Å²) in [4.78, 5) is 0. The molecule has 1 unspecified atom stereocenters. The van der Waals surface area contributed by atoms with E-state index in [4.69, 9.17) is 0 Å². The van der Waals surface area contributed by atoms with Gasteiger partial charge < -0.3 is 5.11 Å². The first-order valence-corrected chi connectivity index (χ1v) is 4.43. The first-order chi connectivity index (χ1) is 4.75. The fraction of sp³-hybridized carbons (Fsp3) is 1.00. The predicted octanol–water partition coefficient (Wildman–Crippen LogP) is 2.19. The maximum Gasteiger partial charge on any atom is 0.0571 e. The molecule has 1 heteroatoms. The van der Waals surface area contributed by atoms with Crippen molar-refractivity contribution < 1.29 is 5.11 Å². The van der Waals surface area contributed by atoms with Gasteiger partial charge >= 0.3 is 0 Å². The van der Waals surface area contributed by atoms with Gasteiger partial charge in [-0.3, -0.25) is 0 Å². The first kappa shape index (κ1) is 8.06. The smallest absolute Gasteiger partial charge is 0.0571 e. The molecule has 0 aliphatic heterocycles. The molecule has 0 aromatic rings. The largest absolute Gasteiger partial charge is 0.393 e. The topological polar surface area (TPSA) is 20.2 Å². The molecule has 0 aromatic heterocycles. The van der Waals surface area contributed by atoms with Gasteiger partial charge in [-0.25, -0.2) is 0 Å². The van der Waals surface area contributed by atoms with Crippen LogP contribution in [0.2, 0.25) is 0 Å². The highest BCUT2D eigenvalue weighted by Gasteiger charge is 2.30. The van der Waals surface area contributed by atoms with E-state index < -0.39 is 0 Å². The van der Waals surface area contributed by atoms with E-state index in [0.717, 1.165) is 12.3 Å². The molecule has 0 aromatic carbocycles. The van der Waals surface area contributed by atoms with Gasteiger partial charge in [-0.2, -0.15) is 0 Å². The summed E-state index contributed by atoms with van der Waals surface area (Å²) in [6, 6.07) is 0. The van der Waals surface area contributed by atoms with Gasteiger partial charge in [0, 0.05) is 0 Å². The van der Waals surface area contributed by atoms with E-state index in [-0.39, 0.29) is 6.10 Å². The van der Waals surface area contributed by atoms with Crippen LogP contribution in [-0.2, 0) is 0 Å². The molecular weight excluding hydrogens is 124 g/mol. The number of aliphatic hydroxyl groups excluding tert-OH is 1. The van der Waals surface area contributed by atoms with Crippen LogP contribution in [0.1, 0.15) is 39.5 Å². The minimum atomic E-state index is 0.00921. The maximum absolute atomic E-state index is 9.49. The molecule has 0 spiro atoms. The van der Waals surface area contributed by atoms with E-state index in [1.807, 2.05) is 0 Å². The van der Waals surface area contributed by atoms with E-state index >= 15 is 0 Å². The summed E-state index contributed by atoms with van der Waals surface area (Å²) in [6.45, 7) is 4.45. The van der Waals surface area contributed by atoms with E-state index in [1.54, 1.807) is 0 Å². The molecule has 60 valence electrons. The van der Waals surface area contributed by atoms with E-state index in [0.29, 0.717) is 5.92 Å². The van der Waals surface area contributed by atoms with Gasteiger partial charge in [0.15, 0.2) is 0 Å². The predicted molar refractivity (Wildman–Crippen MR) is 42.8 cm³/mol. The minimum Gasteiger partial charge on any atom is -0.393 e. The van der Waals surface area contributed by atoms with Crippen molar-refractivity contribution in [3.05, 3.63) is 0 Å². The summed E-state index contributed by atoms with van der Waals surface area (Å²) < 4.78 is 0. The van der Waals surface area contributed by atoms with Crippen molar-refractivity contribution in [2.45, 2.75) is 45.6 Å². The fourth-order valence-corrected chi connectivity index (χ4v) is 2.05. The minimum absolute atomic E-state index is 0.00921. The van der Waals surface area contributed by atoms with Crippen LogP contribution in [0.3, 0.4) is 0 Å². The van der Waals surface area contributed by atoms with Gasteiger partial charge in [0.25, 0.3) is 0 Å². The molecule has 0 heterocycles. The summed E-state index contributed by atoms with van der Waals surface area (Å²) in [5.74, 6) is 1.36. The van der Waals surface area contributed by atoms with Gasteiger partial charge in [0.05, 0.1) is 6.10 Å². The summed E-state index contributed by atoms with van der Waals surface area (Å²) in [5, 5.41) is 9.49. The van der Waals surface area contributed by atoms with Crippen molar-refractivity contribution in [2.75, 3.05) is 0 Å². The molecule has 1 aliphatic rings. The molecule has 0 saturated heterocycles. The van der Waals surface area contributed by atoms with Crippen LogP contribution < -0.4 is 0 Å². The molecular formula is C9H18O. The standard InChI is InChI=1S/C9H18O/c1-3-4-8-7(2)5-6-9(8)10/h7-10H,3-6H2,1-2H3/t7?,8-,9-/m0/s1. The lowest BCUT2D eigenvalue weighted by molar-refractivity contribution is 0.114. The Labute approximate surface area is 63.4 Å². The van der Waals surface area contributed by atoms with Crippen molar-refractivity contribution >= 4 is 0 Å². The zero-order chi connectivity index (χ0) is 7.56. The number of aliphatic hydroxyl groups is 1. The second-order valence-electron chi connectivity index (χ2n) is 3.57. The molecule has 0 bridgehead atoms. The summed E-state index contributed by atoms with van der Waals surface area (Å²) >= 11 is 0. The third-order valence-corrected chi connectivity index (χ3v) is 2.76. The molecule has 1 aliphatic carbocycles. The average Bonchev–Trinajstić information content (AvgIpc) is 2.20. The van der Waals surface area contributed by atoms with Gasteiger partial charge in [0.1, 0.15) is 0 Å². The normalized spacial score (nSPS) is 40.5. The summed E-state index contributed by atoms with van der Waals surface area (Å²) in [5.41, 5.74) is 0. The monoisotopic (exact) mass is 142 g/mol. The lowest BCUT2D eigenvalue weighted by atomic mass is 9.92. The van der Waals surface area contributed by atoms with Crippen LogP contribution in [0.25, 0.3) is 0 Å². The number of hydrogen-bond donors (Lipinski definition) is 1. The van der Waals surface area contributed by atoms with E-state index in [9.17, 15) is 5.11 Å². The molecule has 3 atom stereocenters. The quantitative estimate of drug-likeness (QED) is 0.626. The Hall–Kier alpha value is -0.0400. The molecule has 1 rings (SSSR count). The Morgan fingerprint density at radius 2 is 2.10 bits per heavy atom. The van der Waals surface area contributed by atoms with Gasteiger partial charge in [-0.1, -0.05) is 20.3 Å². The number of rotatable bonds is 2. The van der Waals surface area contributed by atoms with Gasteiger partial charge in [-0.05, 0) is 31.1 Å². The van der Waals surface area contributed by atoms with Crippen LogP contribution in [0.15, 0.2) is 0 Å². The van der Waals surface area contributed by atoms with Crippen molar-refractivity contribution in [1.82, 2.24) is 0 Å². The molecule has 1 saturated carbocycles. The van der Waals surface area contributed by atoms with Crippen LogP contribution in [0.4, 0.5) is 0 Å². The lowest BCUT2D eigenvalue weighted by Gasteiger charge is -2.17.